The number of amides is 3. The summed E-state index contributed by atoms with van der Waals surface area (Å²) in [5.41, 5.74) is 3.64. The van der Waals surface area contributed by atoms with Crippen LogP contribution in [-0.2, 0) is 22.4 Å². The van der Waals surface area contributed by atoms with Crippen molar-refractivity contribution in [1.29, 1.82) is 0 Å². The Kier molecular flexibility index (Phi) is 7.85. The van der Waals surface area contributed by atoms with Gasteiger partial charge in [-0.25, -0.2) is 4.79 Å². The highest BCUT2D eigenvalue weighted by atomic mass is 16.5. The van der Waals surface area contributed by atoms with E-state index >= 15 is 0 Å². The van der Waals surface area contributed by atoms with E-state index in [1.807, 2.05) is 12.1 Å². The largest absolute Gasteiger partial charge is 0.376 e. The number of carbonyl (C=O) groups excluding carboxylic acids is 2. The second-order valence-corrected chi connectivity index (χ2v) is 8.19. The van der Waals surface area contributed by atoms with E-state index in [2.05, 4.69) is 41.9 Å². The number of hydrogen-bond acceptors (Lipinski definition) is 3. The molecule has 2 aromatic carbocycles. The van der Waals surface area contributed by atoms with Crippen LogP contribution in [0.3, 0.4) is 0 Å². The fourth-order valence-corrected chi connectivity index (χ4v) is 3.48. The molecule has 30 heavy (non-hydrogen) atoms. The number of hydrogen-bond donors (Lipinski definition) is 3. The molecule has 6 nitrogen and oxygen atoms in total. The predicted octanol–water partition coefficient (Wildman–Crippen LogP) is 4.37. The molecule has 0 bridgehead atoms. The second kappa shape index (κ2) is 10.8. The first-order valence-electron chi connectivity index (χ1n) is 10.6. The smallest absolute Gasteiger partial charge is 0.319 e. The highest BCUT2D eigenvalue weighted by Crippen LogP contribution is 2.15. The third-order valence-electron chi connectivity index (χ3n) is 4.97. The Morgan fingerprint density at radius 3 is 2.20 bits per heavy atom. The molecule has 1 heterocycles. The fourth-order valence-electron chi connectivity index (χ4n) is 3.48. The molecule has 0 saturated carbocycles. The van der Waals surface area contributed by atoms with E-state index in [0.717, 1.165) is 31.4 Å². The zero-order chi connectivity index (χ0) is 21.3. The number of anilines is 2. The summed E-state index contributed by atoms with van der Waals surface area (Å²) < 4.78 is 5.49. The molecule has 0 aromatic heterocycles. The lowest BCUT2D eigenvalue weighted by Gasteiger charge is -2.12. The maximum atomic E-state index is 12.3. The predicted molar refractivity (Wildman–Crippen MR) is 120 cm³/mol. The van der Waals surface area contributed by atoms with Crippen molar-refractivity contribution in [3.8, 4) is 0 Å². The van der Waals surface area contributed by atoms with Crippen LogP contribution in [0.15, 0.2) is 48.5 Å². The Morgan fingerprint density at radius 2 is 1.60 bits per heavy atom. The number of rotatable bonds is 8. The van der Waals surface area contributed by atoms with Crippen LogP contribution in [0.25, 0.3) is 0 Å². The molecule has 1 atom stereocenters. The van der Waals surface area contributed by atoms with Gasteiger partial charge in [0, 0.05) is 24.5 Å². The first-order chi connectivity index (χ1) is 14.5. The number of nitrogens with one attached hydrogen (secondary N) is 3. The minimum Gasteiger partial charge on any atom is -0.376 e. The van der Waals surface area contributed by atoms with Crippen LogP contribution in [0.4, 0.5) is 16.2 Å². The highest BCUT2D eigenvalue weighted by molar-refractivity contribution is 5.93. The molecule has 6 heteroatoms. The molecule has 1 aliphatic heterocycles. The Labute approximate surface area is 178 Å². The number of ether oxygens (including phenoxy) is 1. The van der Waals surface area contributed by atoms with Crippen molar-refractivity contribution in [1.82, 2.24) is 5.32 Å². The van der Waals surface area contributed by atoms with E-state index in [-0.39, 0.29) is 18.0 Å². The van der Waals surface area contributed by atoms with E-state index < -0.39 is 0 Å². The van der Waals surface area contributed by atoms with E-state index in [0.29, 0.717) is 30.3 Å². The van der Waals surface area contributed by atoms with Crippen LogP contribution in [0.2, 0.25) is 0 Å². The molecule has 0 spiro atoms. The summed E-state index contributed by atoms with van der Waals surface area (Å²) in [5, 5.41) is 8.50. The SMILES string of the molecule is CC(C)Cc1ccc(CC(=O)Nc2ccc(NC(=O)NCC3CCCO3)cc2)cc1. The Morgan fingerprint density at radius 1 is 0.967 bits per heavy atom. The molecule has 1 unspecified atom stereocenters. The van der Waals surface area contributed by atoms with Crippen molar-refractivity contribution >= 4 is 23.3 Å². The Balaban J connectivity index is 1.43. The van der Waals surface area contributed by atoms with Gasteiger partial charge in [-0.2, -0.15) is 0 Å². The van der Waals surface area contributed by atoms with Crippen molar-refractivity contribution in [2.75, 3.05) is 23.8 Å². The third kappa shape index (κ3) is 7.19. The summed E-state index contributed by atoms with van der Waals surface area (Å²) in [7, 11) is 0. The zero-order valence-electron chi connectivity index (χ0n) is 17.7. The third-order valence-corrected chi connectivity index (χ3v) is 4.97. The lowest BCUT2D eigenvalue weighted by molar-refractivity contribution is -0.115. The van der Waals surface area contributed by atoms with Gasteiger partial charge < -0.3 is 20.7 Å². The summed E-state index contributed by atoms with van der Waals surface area (Å²) in [4.78, 5) is 24.3. The standard InChI is InChI=1S/C24H31N3O3/c1-17(2)14-18-5-7-19(8-6-18)15-23(28)26-20-9-11-21(12-10-20)27-24(29)25-16-22-4-3-13-30-22/h5-12,17,22H,3-4,13-16H2,1-2H3,(H,26,28)(H2,25,27,29). The van der Waals surface area contributed by atoms with Crippen molar-refractivity contribution in [2.45, 2.75) is 45.6 Å². The first kappa shape index (κ1) is 21.8. The van der Waals surface area contributed by atoms with E-state index in [4.69, 9.17) is 4.74 Å². The minimum atomic E-state index is -0.261. The average Bonchev–Trinajstić information content (AvgIpc) is 3.23. The van der Waals surface area contributed by atoms with Gasteiger partial charge in [-0.3, -0.25) is 4.79 Å². The molecular weight excluding hydrogens is 378 g/mol. The molecule has 0 aliphatic carbocycles. The van der Waals surface area contributed by atoms with E-state index in [9.17, 15) is 9.59 Å². The molecule has 160 valence electrons. The maximum Gasteiger partial charge on any atom is 0.319 e. The van der Waals surface area contributed by atoms with Crippen LogP contribution in [0.1, 0.15) is 37.8 Å². The van der Waals surface area contributed by atoms with Crippen molar-refractivity contribution in [3.05, 3.63) is 59.7 Å². The van der Waals surface area contributed by atoms with Gasteiger partial charge >= 0.3 is 6.03 Å². The van der Waals surface area contributed by atoms with Crippen LogP contribution in [0, 0.1) is 5.92 Å². The minimum absolute atomic E-state index is 0.0679. The topological polar surface area (TPSA) is 79.5 Å². The maximum absolute atomic E-state index is 12.3. The molecule has 2 aromatic rings. The van der Waals surface area contributed by atoms with Crippen LogP contribution in [-0.4, -0.2) is 31.2 Å². The summed E-state index contributed by atoms with van der Waals surface area (Å²) in [6, 6.07) is 15.0. The summed E-state index contributed by atoms with van der Waals surface area (Å²) in [5.74, 6) is 0.547. The van der Waals surface area contributed by atoms with Crippen molar-refractivity contribution in [3.63, 3.8) is 0 Å². The number of urea groups is 1. The summed E-state index contributed by atoms with van der Waals surface area (Å²) in [6.07, 6.45) is 3.51. The van der Waals surface area contributed by atoms with Crippen LogP contribution < -0.4 is 16.0 Å². The van der Waals surface area contributed by atoms with Gasteiger partial charge in [-0.1, -0.05) is 38.1 Å². The average molecular weight is 410 g/mol. The van der Waals surface area contributed by atoms with Gasteiger partial charge in [0.1, 0.15) is 0 Å². The normalized spacial score (nSPS) is 15.8. The Hall–Kier alpha value is -2.86. The molecule has 1 aliphatic rings. The zero-order valence-corrected chi connectivity index (χ0v) is 17.7. The second-order valence-electron chi connectivity index (χ2n) is 8.19. The van der Waals surface area contributed by atoms with Crippen LogP contribution in [0.5, 0.6) is 0 Å². The molecule has 1 saturated heterocycles. The van der Waals surface area contributed by atoms with Gasteiger partial charge in [-0.05, 0) is 60.6 Å². The molecule has 3 N–H and O–H groups in total. The van der Waals surface area contributed by atoms with Crippen molar-refractivity contribution in [2.24, 2.45) is 5.92 Å². The molecule has 3 rings (SSSR count). The van der Waals surface area contributed by atoms with Gasteiger partial charge in [-0.15, -0.1) is 0 Å². The molecule has 3 amide bonds. The van der Waals surface area contributed by atoms with E-state index in [1.165, 1.54) is 5.56 Å². The first-order valence-corrected chi connectivity index (χ1v) is 10.6. The number of benzene rings is 2. The van der Waals surface area contributed by atoms with Gasteiger partial charge in [0.05, 0.1) is 12.5 Å². The molecule has 1 fully saturated rings. The quantitative estimate of drug-likeness (QED) is 0.606. The fraction of sp³-hybridized carbons (Fsp3) is 0.417. The number of carbonyl (C=O) groups is 2. The van der Waals surface area contributed by atoms with E-state index in [1.54, 1.807) is 24.3 Å². The van der Waals surface area contributed by atoms with Crippen molar-refractivity contribution < 1.29 is 14.3 Å². The lowest BCUT2D eigenvalue weighted by atomic mass is 10.0. The monoisotopic (exact) mass is 409 g/mol. The van der Waals surface area contributed by atoms with Crippen LogP contribution >= 0.6 is 0 Å². The van der Waals surface area contributed by atoms with Gasteiger partial charge in [0.25, 0.3) is 0 Å². The van der Waals surface area contributed by atoms with Gasteiger partial charge in [0.2, 0.25) is 5.91 Å². The van der Waals surface area contributed by atoms with Gasteiger partial charge in [0.15, 0.2) is 0 Å². The highest BCUT2D eigenvalue weighted by Gasteiger charge is 2.16. The Bertz CT molecular complexity index is 826. The molecular formula is C24H31N3O3. The summed E-state index contributed by atoms with van der Waals surface area (Å²) >= 11 is 0. The summed E-state index contributed by atoms with van der Waals surface area (Å²) in [6.45, 7) is 5.67. The molecule has 0 radical (unpaired) electrons. The lowest BCUT2D eigenvalue weighted by Crippen LogP contribution is -2.35.